The van der Waals surface area contributed by atoms with Crippen LogP contribution in [0.15, 0.2) is 0 Å². The van der Waals surface area contributed by atoms with E-state index >= 15 is 0 Å². The van der Waals surface area contributed by atoms with Crippen molar-refractivity contribution in [1.82, 2.24) is 5.32 Å². The van der Waals surface area contributed by atoms with Crippen molar-refractivity contribution in [3.63, 3.8) is 0 Å². The molecule has 1 aliphatic carbocycles. The molecule has 17 heavy (non-hydrogen) atoms. The van der Waals surface area contributed by atoms with Gasteiger partial charge in [0, 0.05) is 6.04 Å². The Hall–Kier alpha value is -0.570. The minimum atomic E-state index is -0.0943. The third kappa shape index (κ3) is 5.53. The fraction of sp³-hybridized carbons (Fsp3) is 0.929. The molecule has 3 nitrogen and oxygen atoms in total. The Labute approximate surface area is 105 Å². The summed E-state index contributed by atoms with van der Waals surface area (Å²) in [5.74, 6) is 1.18. The van der Waals surface area contributed by atoms with Crippen molar-refractivity contribution in [2.24, 2.45) is 11.8 Å². The van der Waals surface area contributed by atoms with Gasteiger partial charge >= 0.3 is 5.97 Å². The lowest BCUT2D eigenvalue weighted by Gasteiger charge is -2.21. The lowest BCUT2D eigenvalue weighted by molar-refractivity contribution is -0.144. The molecule has 0 aromatic rings. The van der Waals surface area contributed by atoms with Crippen molar-refractivity contribution in [3.05, 3.63) is 0 Å². The number of hydrogen-bond donors (Lipinski definition) is 1. The van der Waals surface area contributed by atoms with Crippen molar-refractivity contribution < 1.29 is 9.53 Å². The number of hydrogen-bond acceptors (Lipinski definition) is 3. The van der Waals surface area contributed by atoms with E-state index in [-0.39, 0.29) is 12.0 Å². The van der Waals surface area contributed by atoms with Crippen LogP contribution in [-0.4, -0.2) is 25.2 Å². The Balaban J connectivity index is 2.26. The minimum absolute atomic E-state index is 0.0750. The van der Waals surface area contributed by atoms with Crippen LogP contribution in [0.3, 0.4) is 0 Å². The topological polar surface area (TPSA) is 38.3 Å². The zero-order valence-electron chi connectivity index (χ0n) is 11.7. The van der Waals surface area contributed by atoms with Gasteiger partial charge in [-0.3, -0.25) is 4.79 Å². The third-order valence-electron chi connectivity index (χ3n) is 3.43. The summed E-state index contributed by atoms with van der Waals surface area (Å²) >= 11 is 0. The van der Waals surface area contributed by atoms with E-state index < -0.39 is 0 Å². The van der Waals surface area contributed by atoms with Crippen LogP contribution in [0.5, 0.6) is 0 Å². The first kappa shape index (κ1) is 14.5. The molecule has 0 amide bonds. The van der Waals surface area contributed by atoms with E-state index in [0.717, 1.165) is 25.2 Å². The first-order valence-electron chi connectivity index (χ1n) is 6.88. The Morgan fingerprint density at radius 3 is 2.41 bits per heavy atom. The molecule has 100 valence electrons. The molecule has 0 radical (unpaired) electrons. The molecule has 0 saturated heterocycles. The SMILES string of the molecule is COC(=O)C(NC(C)CCCC(C)C)C1CC1. The van der Waals surface area contributed by atoms with Crippen molar-refractivity contribution in [1.29, 1.82) is 0 Å². The fourth-order valence-electron chi connectivity index (χ4n) is 2.18. The van der Waals surface area contributed by atoms with Crippen LogP contribution in [0.1, 0.15) is 52.9 Å². The molecule has 1 rings (SSSR count). The number of methoxy groups -OCH3 is 1. The second kappa shape index (κ2) is 7.00. The maximum Gasteiger partial charge on any atom is 0.323 e. The number of ether oxygens (including phenoxy) is 1. The summed E-state index contributed by atoms with van der Waals surface area (Å²) < 4.78 is 4.86. The number of nitrogens with one attached hydrogen (secondary N) is 1. The highest BCUT2D eigenvalue weighted by atomic mass is 16.5. The van der Waals surface area contributed by atoms with Crippen LogP contribution in [-0.2, 0) is 9.53 Å². The van der Waals surface area contributed by atoms with Gasteiger partial charge in [-0.1, -0.05) is 26.7 Å². The van der Waals surface area contributed by atoms with E-state index in [1.165, 1.54) is 20.0 Å². The summed E-state index contributed by atoms with van der Waals surface area (Å²) in [4.78, 5) is 11.6. The monoisotopic (exact) mass is 241 g/mol. The highest BCUT2D eigenvalue weighted by molar-refractivity contribution is 5.76. The predicted molar refractivity (Wildman–Crippen MR) is 69.8 cm³/mol. The summed E-state index contributed by atoms with van der Waals surface area (Å²) in [5, 5.41) is 3.43. The fourth-order valence-corrected chi connectivity index (χ4v) is 2.18. The molecular weight excluding hydrogens is 214 g/mol. The van der Waals surface area contributed by atoms with Crippen LogP contribution in [0.25, 0.3) is 0 Å². The van der Waals surface area contributed by atoms with Gasteiger partial charge in [-0.15, -0.1) is 0 Å². The molecule has 1 fully saturated rings. The van der Waals surface area contributed by atoms with Gasteiger partial charge in [0.05, 0.1) is 7.11 Å². The normalized spacial score (nSPS) is 19.1. The average molecular weight is 241 g/mol. The maximum atomic E-state index is 11.6. The van der Waals surface area contributed by atoms with Gasteiger partial charge < -0.3 is 10.1 Å². The van der Waals surface area contributed by atoms with Crippen molar-refractivity contribution in [2.75, 3.05) is 7.11 Å². The number of carbonyl (C=O) groups is 1. The Bertz CT molecular complexity index is 236. The molecule has 0 bridgehead atoms. The Kier molecular flexibility index (Phi) is 5.96. The van der Waals surface area contributed by atoms with Gasteiger partial charge in [-0.25, -0.2) is 0 Å². The van der Waals surface area contributed by atoms with E-state index in [0.29, 0.717) is 12.0 Å². The first-order valence-corrected chi connectivity index (χ1v) is 6.88. The van der Waals surface area contributed by atoms with Gasteiger partial charge in [-0.2, -0.15) is 0 Å². The van der Waals surface area contributed by atoms with E-state index in [4.69, 9.17) is 4.74 Å². The zero-order valence-corrected chi connectivity index (χ0v) is 11.7. The average Bonchev–Trinajstić information content (AvgIpc) is 3.08. The van der Waals surface area contributed by atoms with Gasteiger partial charge in [0.1, 0.15) is 6.04 Å². The second-order valence-corrected chi connectivity index (χ2v) is 5.73. The summed E-state index contributed by atoms with van der Waals surface area (Å²) in [5.41, 5.74) is 0. The van der Waals surface area contributed by atoms with Crippen LogP contribution < -0.4 is 5.32 Å². The molecule has 0 heterocycles. The zero-order chi connectivity index (χ0) is 12.8. The van der Waals surface area contributed by atoms with Crippen LogP contribution >= 0.6 is 0 Å². The Morgan fingerprint density at radius 2 is 1.94 bits per heavy atom. The molecule has 0 aromatic carbocycles. The summed E-state index contributed by atoms with van der Waals surface area (Å²) in [7, 11) is 1.48. The Morgan fingerprint density at radius 1 is 1.29 bits per heavy atom. The predicted octanol–water partition coefficient (Wildman–Crippen LogP) is 2.74. The number of carbonyl (C=O) groups excluding carboxylic acids is 1. The smallest absolute Gasteiger partial charge is 0.323 e. The molecule has 0 aliphatic heterocycles. The molecule has 2 unspecified atom stereocenters. The van der Waals surface area contributed by atoms with Crippen molar-refractivity contribution in [2.45, 2.75) is 65.0 Å². The van der Waals surface area contributed by atoms with E-state index in [9.17, 15) is 4.79 Å². The molecule has 1 aliphatic rings. The van der Waals surface area contributed by atoms with Gasteiger partial charge in [0.2, 0.25) is 0 Å². The van der Waals surface area contributed by atoms with Gasteiger partial charge in [0.25, 0.3) is 0 Å². The molecule has 1 N–H and O–H groups in total. The third-order valence-corrected chi connectivity index (χ3v) is 3.43. The van der Waals surface area contributed by atoms with E-state index in [1.54, 1.807) is 0 Å². The number of rotatable bonds is 8. The highest BCUT2D eigenvalue weighted by Crippen LogP contribution is 2.33. The van der Waals surface area contributed by atoms with Gasteiger partial charge in [0.15, 0.2) is 0 Å². The first-order chi connectivity index (χ1) is 8.04. The second-order valence-electron chi connectivity index (χ2n) is 5.73. The van der Waals surface area contributed by atoms with Crippen LogP contribution in [0, 0.1) is 11.8 Å². The van der Waals surface area contributed by atoms with E-state index in [2.05, 4.69) is 26.1 Å². The maximum absolute atomic E-state index is 11.6. The minimum Gasteiger partial charge on any atom is -0.468 e. The summed E-state index contributed by atoms with van der Waals surface area (Å²) in [6, 6.07) is 0.326. The lowest BCUT2D eigenvalue weighted by atomic mass is 10.0. The van der Waals surface area contributed by atoms with Crippen LogP contribution in [0.2, 0.25) is 0 Å². The quantitative estimate of drug-likeness (QED) is 0.664. The molecule has 3 heteroatoms. The standard InChI is InChI=1S/C14H27NO2/c1-10(2)6-5-7-11(3)15-13(12-8-9-12)14(16)17-4/h10-13,15H,5-9H2,1-4H3. The highest BCUT2D eigenvalue weighted by Gasteiger charge is 2.37. The van der Waals surface area contributed by atoms with Crippen molar-refractivity contribution >= 4 is 5.97 Å². The summed E-state index contributed by atoms with van der Waals surface area (Å²) in [6.45, 7) is 6.66. The van der Waals surface area contributed by atoms with Gasteiger partial charge in [-0.05, 0) is 38.0 Å². The molecule has 2 atom stereocenters. The molecule has 1 saturated carbocycles. The largest absolute Gasteiger partial charge is 0.468 e. The lowest BCUT2D eigenvalue weighted by Crippen LogP contribution is -2.44. The summed E-state index contributed by atoms with van der Waals surface area (Å²) in [6.07, 6.45) is 5.94. The van der Waals surface area contributed by atoms with E-state index in [1.807, 2.05) is 0 Å². The van der Waals surface area contributed by atoms with Crippen LogP contribution in [0.4, 0.5) is 0 Å². The number of esters is 1. The van der Waals surface area contributed by atoms with Crippen molar-refractivity contribution in [3.8, 4) is 0 Å². The molecular formula is C14H27NO2. The molecule has 0 aromatic heterocycles. The molecule has 0 spiro atoms.